The number of anilines is 2. The number of carbonyl (C=O) groups is 2. The van der Waals surface area contributed by atoms with E-state index >= 15 is 0 Å². The first-order chi connectivity index (χ1) is 16.0. The van der Waals surface area contributed by atoms with Crippen molar-refractivity contribution in [2.45, 2.75) is 19.0 Å². The quantitative estimate of drug-likeness (QED) is 0.483. The fourth-order valence-corrected chi connectivity index (χ4v) is 4.19. The van der Waals surface area contributed by atoms with Crippen molar-refractivity contribution in [3.63, 3.8) is 0 Å². The molecule has 2 aromatic carbocycles. The number of carbonyl (C=O) groups excluding carboxylic acids is 2. The van der Waals surface area contributed by atoms with Gasteiger partial charge in [-0.15, -0.1) is 0 Å². The van der Waals surface area contributed by atoms with E-state index in [0.29, 0.717) is 16.8 Å². The largest absolute Gasteiger partial charge is 0.435 e. The number of alkyl halides is 3. The molecular weight excluding hydrogens is 491 g/mol. The fourth-order valence-electron chi connectivity index (χ4n) is 3.57. The molecule has 3 N–H and O–H groups in total. The Morgan fingerprint density at radius 3 is 2.53 bits per heavy atom. The van der Waals surface area contributed by atoms with Crippen LogP contribution in [0.3, 0.4) is 0 Å². The first-order valence-electron chi connectivity index (χ1n) is 10.0. The van der Waals surface area contributed by atoms with E-state index in [1.807, 2.05) is 4.90 Å². The zero-order chi connectivity index (χ0) is 24.6. The molecule has 12 heteroatoms. The number of primary amides is 1. The molecule has 7 nitrogen and oxygen atoms in total. The molecule has 34 heavy (non-hydrogen) atoms. The molecule has 1 fully saturated rings. The van der Waals surface area contributed by atoms with E-state index < -0.39 is 29.4 Å². The minimum absolute atomic E-state index is 0.0510. The number of benzene rings is 2. The van der Waals surface area contributed by atoms with Crippen molar-refractivity contribution in [1.82, 2.24) is 9.78 Å². The SMILES string of the molecule is NC(=O)c1cccc(-n2nc(C(F)(F)F)cc2C(=O)Nc2ccc(N3CCCC3=S)c(Cl)c2)c1. The van der Waals surface area contributed by atoms with Crippen LogP contribution < -0.4 is 16.0 Å². The highest BCUT2D eigenvalue weighted by molar-refractivity contribution is 7.80. The van der Waals surface area contributed by atoms with Crippen molar-refractivity contribution >= 4 is 52.0 Å². The number of rotatable bonds is 5. The van der Waals surface area contributed by atoms with E-state index in [0.717, 1.165) is 29.1 Å². The molecule has 2 heterocycles. The predicted octanol–water partition coefficient (Wildman–Crippen LogP) is 4.82. The molecule has 176 valence electrons. The molecule has 0 aliphatic carbocycles. The second kappa shape index (κ2) is 9.07. The topological polar surface area (TPSA) is 93.2 Å². The molecular formula is C22H17ClF3N5O2S. The van der Waals surface area contributed by atoms with Gasteiger partial charge in [-0.3, -0.25) is 9.59 Å². The van der Waals surface area contributed by atoms with Gasteiger partial charge >= 0.3 is 6.18 Å². The average Bonchev–Trinajstić information content (AvgIpc) is 3.41. The summed E-state index contributed by atoms with van der Waals surface area (Å²) in [4.78, 5) is 27.1. The van der Waals surface area contributed by atoms with Crippen LogP contribution in [0.5, 0.6) is 0 Å². The van der Waals surface area contributed by atoms with Crippen LogP contribution in [0, 0.1) is 0 Å². The lowest BCUT2D eigenvalue weighted by Gasteiger charge is -2.20. The highest BCUT2D eigenvalue weighted by Gasteiger charge is 2.36. The number of amides is 2. The molecule has 0 bridgehead atoms. The molecule has 1 aliphatic heterocycles. The van der Waals surface area contributed by atoms with Crippen LogP contribution in [-0.4, -0.2) is 33.1 Å². The lowest BCUT2D eigenvalue weighted by Crippen LogP contribution is -2.22. The van der Waals surface area contributed by atoms with Crippen molar-refractivity contribution in [3.05, 3.63) is 70.5 Å². The van der Waals surface area contributed by atoms with E-state index in [1.54, 1.807) is 12.1 Å². The summed E-state index contributed by atoms with van der Waals surface area (Å²) in [7, 11) is 0. The highest BCUT2D eigenvalue weighted by atomic mass is 35.5. The lowest BCUT2D eigenvalue weighted by molar-refractivity contribution is -0.141. The number of nitrogens with one attached hydrogen (secondary N) is 1. The van der Waals surface area contributed by atoms with Gasteiger partial charge in [0.15, 0.2) is 5.69 Å². The minimum atomic E-state index is -4.79. The van der Waals surface area contributed by atoms with Gasteiger partial charge < -0.3 is 16.0 Å². The van der Waals surface area contributed by atoms with Gasteiger partial charge in [-0.25, -0.2) is 4.68 Å². The van der Waals surface area contributed by atoms with Gasteiger partial charge in [0.05, 0.1) is 21.4 Å². The summed E-state index contributed by atoms with van der Waals surface area (Å²) < 4.78 is 40.9. The molecule has 0 spiro atoms. The van der Waals surface area contributed by atoms with Gasteiger partial charge in [-0.05, 0) is 49.2 Å². The van der Waals surface area contributed by atoms with Crippen molar-refractivity contribution < 1.29 is 22.8 Å². The van der Waals surface area contributed by atoms with Crippen molar-refractivity contribution in [1.29, 1.82) is 0 Å². The van der Waals surface area contributed by atoms with E-state index in [1.165, 1.54) is 30.3 Å². The standard InChI is InChI=1S/C22H17ClF3N5O2S/c23-15-10-13(6-7-16(15)30-8-2-5-19(30)34)28-21(33)17-11-18(22(24,25)26)29-31(17)14-4-1-3-12(9-14)20(27)32/h1,3-4,6-7,9-11H,2,5,8H2,(H2,27,32)(H,28,33). The average molecular weight is 508 g/mol. The van der Waals surface area contributed by atoms with Crippen LogP contribution in [0.15, 0.2) is 48.5 Å². The molecule has 1 aliphatic rings. The Bertz CT molecular complexity index is 1310. The zero-order valence-corrected chi connectivity index (χ0v) is 19.0. The number of hydrogen-bond acceptors (Lipinski definition) is 4. The summed E-state index contributed by atoms with van der Waals surface area (Å²) in [5.74, 6) is -1.63. The number of nitrogens with zero attached hydrogens (tertiary/aromatic N) is 3. The Morgan fingerprint density at radius 2 is 1.91 bits per heavy atom. The predicted molar refractivity (Wildman–Crippen MR) is 126 cm³/mol. The number of halogens is 4. The number of hydrogen-bond donors (Lipinski definition) is 2. The third kappa shape index (κ3) is 4.75. The van der Waals surface area contributed by atoms with Crippen LogP contribution in [0.1, 0.15) is 39.4 Å². The fraction of sp³-hybridized carbons (Fsp3) is 0.182. The smallest absolute Gasteiger partial charge is 0.366 e. The number of aromatic nitrogens is 2. The van der Waals surface area contributed by atoms with Crippen LogP contribution in [0.25, 0.3) is 5.69 Å². The zero-order valence-electron chi connectivity index (χ0n) is 17.4. The molecule has 4 rings (SSSR count). The molecule has 0 saturated carbocycles. The number of nitrogens with two attached hydrogens (primary N) is 1. The van der Waals surface area contributed by atoms with Crippen LogP contribution in [0.2, 0.25) is 5.02 Å². The second-order valence-corrected chi connectivity index (χ2v) is 8.39. The van der Waals surface area contributed by atoms with Crippen LogP contribution in [0.4, 0.5) is 24.5 Å². The molecule has 3 aromatic rings. The van der Waals surface area contributed by atoms with Gasteiger partial charge in [0.2, 0.25) is 5.91 Å². The van der Waals surface area contributed by atoms with E-state index in [9.17, 15) is 22.8 Å². The molecule has 0 atom stereocenters. The molecule has 0 radical (unpaired) electrons. The van der Waals surface area contributed by atoms with Crippen molar-refractivity contribution in [2.24, 2.45) is 5.73 Å². The third-order valence-electron chi connectivity index (χ3n) is 5.18. The Labute approximate surface area is 202 Å². The third-order valence-corrected chi connectivity index (χ3v) is 5.90. The summed E-state index contributed by atoms with van der Waals surface area (Å²) in [6, 6.07) is 10.9. The maximum atomic E-state index is 13.4. The monoisotopic (exact) mass is 507 g/mol. The van der Waals surface area contributed by atoms with Gasteiger partial charge in [-0.1, -0.05) is 29.9 Å². The minimum Gasteiger partial charge on any atom is -0.366 e. The van der Waals surface area contributed by atoms with Gasteiger partial charge in [0.25, 0.3) is 5.91 Å². The Morgan fingerprint density at radius 1 is 1.15 bits per heavy atom. The summed E-state index contributed by atoms with van der Waals surface area (Å²) in [6.07, 6.45) is -3.09. The van der Waals surface area contributed by atoms with Gasteiger partial charge in [-0.2, -0.15) is 18.3 Å². The Kier molecular flexibility index (Phi) is 6.32. The normalized spacial score (nSPS) is 13.9. The van der Waals surface area contributed by atoms with Gasteiger partial charge in [0, 0.05) is 23.9 Å². The summed E-state index contributed by atoms with van der Waals surface area (Å²) >= 11 is 11.7. The van der Waals surface area contributed by atoms with E-state index in [2.05, 4.69) is 10.4 Å². The first kappa shape index (κ1) is 23.7. The Hall–Kier alpha value is -3.44. The highest BCUT2D eigenvalue weighted by Crippen LogP contribution is 2.33. The first-order valence-corrected chi connectivity index (χ1v) is 10.8. The van der Waals surface area contributed by atoms with Crippen LogP contribution in [-0.2, 0) is 6.18 Å². The van der Waals surface area contributed by atoms with E-state index in [-0.39, 0.29) is 16.9 Å². The second-order valence-electron chi connectivity index (χ2n) is 7.51. The lowest BCUT2D eigenvalue weighted by atomic mass is 10.2. The Balaban J connectivity index is 1.67. The summed E-state index contributed by atoms with van der Waals surface area (Å²) in [6.45, 7) is 0.730. The van der Waals surface area contributed by atoms with Crippen molar-refractivity contribution in [3.8, 4) is 5.69 Å². The van der Waals surface area contributed by atoms with Gasteiger partial charge in [0.1, 0.15) is 5.69 Å². The summed E-state index contributed by atoms with van der Waals surface area (Å²) in [5, 5.41) is 6.42. The van der Waals surface area contributed by atoms with Crippen molar-refractivity contribution in [2.75, 3.05) is 16.8 Å². The number of thiocarbonyl (C=S) groups is 1. The maximum absolute atomic E-state index is 13.4. The molecule has 0 unspecified atom stereocenters. The molecule has 1 saturated heterocycles. The molecule has 2 amide bonds. The maximum Gasteiger partial charge on any atom is 0.435 e. The molecule has 1 aromatic heterocycles. The van der Waals surface area contributed by atoms with Crippen LogP contribution >= 0.6 is 23.8 Å². The van der Waals surface area contributed by atoms with E-state index in [4.69, 9.17) is 29.6 Å². The summed E-state index contributed by atoms with van der Waals surface area (Å²) in [5.41, 5.74) is 4.68.